The van der Waals surface area contributed by atoms with Gasteiger partial charge in [0.25, 0.3) is 0 Å². The summed E-state index contributed by atoms with van der Waals surface area (Å²) in [7, 11) is 1.46. The SMILES string of the molecule is COc1ccc(/C=C(\C#N)C(F)(F)F)cc1. The minimum Gasteiger partial charge on any atom is -0.497 e. The van der Waals surface area contributed by atoms with E-state index < -0.39 is 11.7 Å². The van der Waals surface area contributed by atoms with Crippen LogP contribution in [0.4, 0.5) is 13.2 Å². The van der Waals surface area contributed by atoms with E-state index in [4.69, 9.17) is 10.00 Å². The van der Waals surface area contributed by atoms with E-state index in [9.17, 15) is 13.2 Å². The van der Waals surface area contributed by atoms with Crippen molar-refractivity contribution >= 4 is 6.08 Å². The third kappa shape index (κ3) is 3.02. The second-order valence-electron chi connectivity index (χ2n) is 2.94. The van der Waals surface area contributed by atoms with Crippen LogP contribution in [0.1, 0.15) is 5.56 Å². The predicted octanol–water partition coefficient (Wildman–Crippen LogP) is 3.16. The molecule has 0 aliphatic rings. The highest BCUT2D eigenvalue weighted by molar-refractivity contribution is 5.59. The normalized spacial score (nSPS) is 12.1. The lowest BCUT2D eigenvalue weighted by molar-refractivity contribution is -0.0864. The van der Waals surface area contributed by atoms with Crippen LogP contribution < -0.4 is 4.74 Å². The maximum Gasteiger partial charge on any atom is 0.426 e. The highest BCUT2D eigenvalue weighted by Crippen LogP contribution is 2.27. The third-order valence-corrected chi connectivity index (χ3v) is 1.85. The minimum atomic E-state index is -4.62. The number of halogens is 3. The summed E-state index contributed by atoms with van der Waals surface area (Å²) in [5.74, 6) is 0.544. The summed E-state index contributed by atoms with van der Waals surface area (Å²) in [5, 5.41) is 8.36. The molecule has 0 fully saturated rings. The van der Waals surface area contributed by atoms with Crippen molar-refractivity contribution in [2.75, 3.05) is 7.11 Å². The van der Waals surface area contributed by atoms with Crippen molar-refractivity contribution in [3.8, 4) is 11.8 Å². The fraction of sp³-hybridized carbons (Fsp3) is 0.182. The van der Waals surface area contributed by atoms with E-state index in [0.29, 0.717) is 11.3 Å². The smallest absolute Gasteiger partial charge is 0.426 e. The molecule has 0 aliphatic carbocycles. The fourth-order valence-electron chi connectivity index (χ4n) is 1.04. The Labute approximate surface area is 90.6 Å². The van der Waals surface area contributed by atoms with E-state index in [1.54, 1.807) is 0 Å². The summed E-state index contributed by atoms with van der Waals surface area (Å²) < 4.78 is 41.6. The van der Waals surface area contributed by atoms with Crippen LogP contribution in [0.25, 0.3) is 6.08 Å². The van der Waals surface area contributed by atoms with Gasteiger partial charge in [-0.3, -0.25) is 0 Å². The van der Waals surface area contributed by atoms with Crippen molar-refractivity contribution in [2.24, 2.45) is 0 Å². The molecule has 5 heteroatoms. The van der Waals surface area contributed by atoms with Crippen LogP contribution >= 0.6 is 0 Å². The van der Waals surface area contributed by atoms with Crippen LogP contribution in [0.3, 0.4) is 0 Å². The summed E-state index contributed by atoms with van der Waals surface area (Å²) in [6.45, 7) is 0. The first-order valence-electron chi connectivity index (χ1n) is 4.30. The molecule has 0 aliphatic heterocycles. The van der Waals surface area contributed by atoms with Crippen LogP contribution in [0.5, 0.6) is 5.75 Å². The number of nitriles is 1. The molecule has 1 rings (SSSR count). The van der Waals surface area contributed by atoms with E-state index in [1.807, 2.05) is 0 Å². The van der Waals surface area contributed by atoms with Crippen LogP contribution in [-0.4, -0.2) is 13.3 Å². The summed E-state index contributed by atoms with van der Waals surface area (Å²) in [5.41, 5.74) is -0.924. The second-order valence-corrected chi connectivity index (χ2v) is 2.94. The molecule has 0 aromatic heterocycles. The van der Waals surface area contributed by atoms with Gasteiger partial charge in [-0.2, -0.15) is 18.4 Å². The van der Waals surface area contributed by atoms with Crippen LogP contribution in [0.2, 0.25) is 0 Å². The lowest BCUT2D eigenvalue weighted by Crippen LogP contribution is -2.09. The molecule has 0 N–H and O–H groups in total. The van der Waals surface area contributed by atoms with Gasteiger partial charge < -0.3 is 4.74 Å². The Balaban J connectivity index is 3.02. The average molecular weight is 227 g/mol. The molecule has 1 aromatic rings. The molecular formula is C11H8F3NO. The Bertz CT molecular complexity index is 426. The predicted molar refractivity (Wildman–Crippen MR) is 52.6 cm³/mol. The Morgan fingerprint density at radius 1 is 1.31 bits per heavy atom. The van der Waals surface area contributed by atoms with Crippen molar-refractivity contribution in [1.82, 2.24) is 0 Å². The zero-order valence-corrected chi connectivity index (χ0v) is 8.38. The summed E-state index contributed by atoms with van der Waals surface area (Å²) >= 11 is 0. The quantitative estimate of drug-likeness (QED) is 0.727. The zero-order chi connectivity index (χ0) is 12.2. The number of alkyl halides is 3. The van der Waals surface area contributed by atoms with Gasteiger partial charge in [0.15, 0.2) is 0 Å². The lowest BCUT2D eigenvalue weighted by Gasteiger charge is -2.04. The maximum atomic E-state index is 12.2. The number of methoxy groups -OCH3 is 1. The van der Waals surface area contributed by atoms with E-state index in [1.165, 1.54) is 31.4 Å². The van der Waals surface area contributed by atoms with Crippen LogP contribution in [0, 0.1) is 11.3 Å². The molecule has 0 atom stereocenters. The second kappa shape index (κ2) is 4.71. The molecule has 0 saturated heterocycles. The van der Waals surface area contributed by atoms with Gasteiger partial charge in [-0.1, -0.05) is 12.1 Å². The van der Waals surface area contributed by atoms with Crippen molar-refractivity contribution in [2.45, 2.75) is 6.18 Å². The van der Waals surface area contributed by atoms with Crippen LogP contribution in [-0.2, 0) is 0 Å². The Morgan fingerprint density at radius 3 is 2.25 bits per heavy atom. The highest BCUT2D eigenvalue weighted by atomic mass is 19.4. The van der Waals surface area contributed by atoms with Gasteiger partial charge in [0, 0.05) is 0 Å². The topological polar surface area (TPSA) is 33.0 Å². The Morgan fingerprint density at radius 2 is 1.88 bits per heavy atom. The van der Waals surface area contributed by atoms with Crippen LogP contribution in [0.15, 0.2) is 29.8 Å². The molecule has 0 radical (unpaired) electrons. The number of benzene rings is 1. The van der Waals surface area contributed by atoms with Crippen molar-refractivity contribution in [1.29, 1.82) is 5.26 Å². The molecule has 2 nitrogen and oxygen atoms in total. The fourth-order valence-corrected chi connectivity index (χ4v) is 1.04. The summed E-state index contributed by atoms with van der Waals surface area (Å²) in [4.78, 5) is 0. The van der Waals surface area contributed by atoms with Gasteiger partial charge in [-0.05, 0) is 23.8 Å². The molecule has 0 spiro atoms. The van der Waals surface area contributed by atoms with Gasteiger partial charge >= 0.3 is 6.18 Å². The summed E-state index contributed by atoms with van der Waals surface area (Å²) in [6, 6.07) is 7.07. The van der Waals surface area contributed by atoms with Gasteiger partial charge in [-0.25, -0.2) is 0 Å². The molecular weight excluding hydrogens is 219 g/mol. The van der Waals surface area contributed by atoms with E-state index in [-0.39, 0.29) is 0 Å². The molecule has 0 saturated carbocycles. The zero-order valence-electron chi connectivity index (χ0n) is 8.38. The molecule has 0 heterocycles. The number of allylic oxidation sites excluding steroid dienone is 1. The molecule has 0 bridgehead atoms. The average Bonchev–Trinajstić information content (AvgIpc) is 2.25. The van der Waals surface area contributed by atoms with E-state index in [0.717, 1.165) is 12.1 Å². The number of hydrogen-bond donors (Lipinski definition) is 0. The van der Waals surface area contributed by atoms with Gasteiger partial charge in [-0.15, -0.1) is 0 Å². The highest BCUT2D eigenvalue weighted by Gasteiger charge is 2.33. The first-order valence-corrected chi connectivity index (χ1v) is 4.30. The van der Waals surface area contributed by atoms with Crippen molar-refractivity contribution < 1.29 is 17.9 Å². The Hall–Kier alpha value is -1.96. The molecule has 16 heavy (non-hydrogen) atoms. The Kier molecular flexibility index (Phi) is 3.56. The van der Waals surface area contributed by atoms with E-state index >= 15 is 0 Å². The van der Waals surface area contributed by atoms with Gasteiger partial charge in [0.1, 0.15) is 17.4 Å². The first-order chi connectivity index (χ1) is 7.47. The lowest BCUT2D eigenvalue weighted by atomic mass is 10.1. The minimum absolute atomic E-state index is 0.301. The number of rotatable bonds is 2. The first kappa shape index (κ1) is 12.1. The van der Waals surface area contributed by atoms with Gasteiger partial charge in [0.2, 0.25) is 0 Å². The van der Waals surface area contributed by atoms with E-state index in [2.05, 4.69) is 0 Å². The third-order valence-electron chi connectivity index (χ3n) is 1.85. The summed E-state index contributed by atoms with van der Waals surface area (Å²) in [6.07, 6.45) is -3.83. The molecule has 0 amide bonds. The van der Waals surface area contributed by atoms with Gasteiger partial charge in [0.05, 0.1) is 7.11 Å². The standard InChI is InChI=1S/C11H8F3NO/c1-16-10-4-2-8(3-5-10)6-9(7-15)11(12,13)14/h2-6H,1H3/b9-6+. The largest absolute Gasteiger partial charge is 0.497 e. The molecule has 84 valence electrons. The number of nitrogens with zero attached hydrogens (tertiary/aromatic N) is 1. The number of ether oxygens (including phenoxy) is 1. The van der Waals surface area contributed by atoms with Crippen molar-refractivity contribution in [3.05, 3.63) is 35.4 Å². The number of hydrogen-bond acceptors (Lipinski definition) is 2. The molecule has 0 unspecified atom stereocenters. The van der Waals surface area contributed by atoms with Crippen molar-refractivity contribution in [3.63, 3.8) is 0 Å². The maximum absolute atomic E-state index is 12.2. The molecule has 1 aromatic carbocycles. The monoisotopic (exact) mass is 227 g/mol.